The second-order valence-corrected chi connectivity index (χ2v) is 11.8. The van der Waals surface area contributed by atoms with Gasteiger partial charge in [-0.3, -0.25) is 9.88 Å². The van der Waals surface area contributed by atoms with E-state index in [2.05, 4.69) is 50.8 Å². The fraction of sp³-hybridized carbons (Fsp3) is 0.345. The zero-order valence-electron chi connectivity index (χ0n) is 21.9. The molecule has 0 saturated carbocycles. The van der Waals surface area contributed by atoms with Crippen molar-refractivity contribution in [2.75, 3.05) is 57.6 Å². The van der Waals surface area contributed by atoms with Gasteiger partial charge in [0.2, 0.25) is 0 Å². The summed E-state index contributed by atoms with van der Waals surface area (Å²) < 4.78 is 31.0. The highest BCUT2D eigenvalue weighted by Gasteiger charge is 2.18. The molecular weight excluding hydrogens is 484 g/mol. The van der Waals surface area contributed by atoms with Crippen LogP contribution in [0.2, 0.25) is 0 Å². The van der Waals surface area contributed by atoms with Gasteiger partial charge in [-0.05, 0) is 48.9 Å². The largest absolute Gasteiger partial charge is 0.383 e. The predicted molar refractivity (Wildman–Crippen MR) is 150 cm³/mol. The van der Waals surface area contributed by atoms with Crippen LogP contribution in [0.4, 0.5) is 5.69 Å². The lowest BCUT2D eigenvalue weighted by Gasteiger charge is -2.36. The molecule has 4 aromatic rings. The number of sulfone groups is 1. The maximum Gasteiger partial charge on any atom is 0.175 e. The van der Waals surface area contributed by atoms with Crippen LogP contribution in [0.25, 0.3) is 33.4 Å². The van der Waals surface area contributed by atoms with Gasteiger partial charge in [0.1, 0.15) is 0 Å². The molecule has 0 amide bonds. The third-order valence-electron chi connectivity index (χ3n) is 7.32. The standard InChI is InChI=1S/C29H34N4O3S/c1-21-26-19-28(23-7-11-25(12-8-23)37(4,34)35)31(2)29(26)20-27(30-21)22-5-9-24(10-6-22)33-15-13-32(14-16-33)17-18-36-3/h5-12,19-20H,13-18H2,1-4H3. The number of piperazine rings is 1. The number of anilines is 1. The Morgan fingerprint density at radius 3 is 2.19 bits per heavy atom. The summed E-state index contributed by atoms with van der Waals surface area (Å²) in [5.74, 6) is 0. The molecule has 0 spiro atoms. The molecule has 1 aliphatic heterocycles. The van der Waals surface area contributed by atoms with Gasteiger partial charge in [0, 0.05) is 81.2 Å². The van der Waals surface area contributed by atoms with Gasteiger partial charge in [-0.1, -0.05) is 24.3 Å². The Morgan fingerprint density at radius 2 is 1.57 bits per heavy atom. The summed E-state index contributed by atoms with van der Waals surface area (Å²) in [5.41, 5.74) is 7.34. The minimum absolute atomic E-state index is 0.326. The summed E-state index contributed by atoms with van der Waals surface area (Å²) in [5, 5.41) is 1.09. The maximum atomic E-state index is 11.8. The minimum atomic E-state index is -3.22. The van der Waals surface area contributed by atoms with Crippen molar-refractivity contribution in [1.82, 2.24) is 14.5 Å². The molecule has 0 bridgehead atoms. The summed E-state index contributed by atoms with van der Waals surface area (Å²) in [7, 11) is 0.574. The lowest BCUT2D eigenvalue weighted by molar-refractivity contribution is 0.144. The van der Waals surface area contributed by atoms with E-state index in [4.69, 9.17) is 9.72 Å². The number of aryl methyl sites for hydroxylation is 2. The van der Waals surface area contributed by atoms with Crippen LogP contribution in [0.1, 0.15) is 5.69 Å². The number of methoxy groups -OCH3 is 1. The van der Waals surface area contributed by atoms with Crippen molar-refractivity contribution in [2.45, 2.75) is 11.8 Å². The topological polar surface area (TPSA) is 67.7 Å². The fourth-order valence-electron chi connectivity index (χ4n) is 5.08. The first-order valence-corrected chi connectivity index (χ1v) is 14.5. The number of hydrogen-bond donors (Lipinski definition) is 0. The monoisotopic (exact) mass is 518 g/mol. The van der Waals surface area contributed by atoms with Gasteiger partial charge < -0.3 is 14.2 Å². The van der Waals surface area contributed by atoms with Crippen LogP contribution in [0.5, 0.6) is 0 Å². The molecule has 7 nitrogen and oxygen atoms in total. The molecule has 194 valence electrons. The zero-order chi connectivity index (χ0) is 26.2. The molecule has 1 fully saturated rings. The Labute approximate surface area is 219 Å². The summed E-state index contributed by atoms with van der Waals surface area (Å²) in [6.07, 6.45) is 1.23. The second kappa shape index (κ2) is 10.3. The summed E-state index contributed by atoms with van der Waals surface area (Å²) in [6, 6.07) is 20.0. The van der Waals surface area contributed by atoms with Crippen LogP contribution in [-0.2, 0) is 21.6 Å². The molecule has 8 heteroatoms. The van der Waals surface area contributed by atoms with E-state index in [1.807, 2.05) is 26.1 Å². The SMILES string of the molecule is COCCN1CCN(c2ccc(-c3cc4c(cc(-c5ccc(S(C)(=O)=O)cc5)n4C)c(C)n3)cc2)CC1. The van der Waals surface area contributed by atoms with Crippen molar-refractivity contribution >= 4 is 26.4 Å². The Hall–Kier alpha value is -3.20. The smallest absolute Gasteiger partial charge is 0.175 e. The Balaban J connectivity index is 1.38. The number of ether oxygens (including phenoxy) is 1. The van der Waals surface area contributed by atoms with Gasteiger partial charge in [-0.2, -0.15) is 0 Å². The number of rotatable bonds is 7. The highest BCUT2D eigenvalue weighted by atomic mass is 32.2. The van der Waals surface area contributed by atoms with E-state index < -0.39 is 9.84 Å². The number of aromatic nitrogens is 2. The number of fused-ring (bicyclic) bond motifs is 1. The van der Waals surface area contributed by atoms with Gasteiger partial charge in [-0.25, -0.2) is 8.42 Å². The van der Waals surface area contributed by atoms with Crippen molar-refractivity contribution in [3.63, 3.8) is 0 Å². The quantitative estimate of drug-likeness (QED) is 0.362. The maximum absolute atomic E-state index is 11.8. The van der Waals surface area contributed by atoms with Crippen LogP contribution >= 0.6 is 0 Å². The molecule has 0 aliphatic carbocycles. The van der Waals surface area contributed by atoms with Crippen molar-refractivity contribution in [1.29, 1.82) is 0 Å². The number of nitrogens with zero attached hydrogens (tertiary/aromatic N) is 4. The molecule has 0 radical (unpaired) electrons. The summed E-state index contributed by atoms with van der Waals surface area (Å²) >= 11 is 0. The minimum Gasteiger partial charge on any atom is -0.383 e. The molecule has 0 atom stereocenters. The van der Waals surface area contributed by atoms with Crippen molar-refractivity contribution in [3.8, 4) is 22.5 Å². The average molecular weight is 519 g/mol. The van der Waals surface area contributed by atoms with Gasteiger partial charge in [0.25, 0.3) is 0 Å². The first-order valence-electron chi connectivity index (χ1n) is 12.6. The second-order valence-electron chi connectivity index (χ2n) is 9.78. The predicted octanol–water partition coefficient (Wildman–Crippen LogP) is 4.39. The molecule has 3 heterocycles. The van der Waals surface area contributed by atoms with Crippen molar-refractivity contribution in [2.24, 2.45) is 7.05 Å². The normalized spacial score (nSPS) is 15.0. The molecule has 1 saturated heterocycles. The number of pyridine rings is 1. The molecule has 37 heavy (non-hydrogen) atoms. The Bertz CT molecular complexity index is 1500. The van der Waals surface area contributed by atoms with E-state index in [1.54, 1.807) is 19.2 Å². The van der Waals surface area contributed by atoms with Crippen LogP contribution in [0.3, 0.4) is 0 Å². The highest BCUT2D eigenvalue weighted by molar-refractivity contribution is 7.90. The van der Waals surface area contributed by atoms with Crippen LogP contribution in [0, 0.1) is 6.92 Å². The lowest BCUT2D eigenvalue weighted by atomic mass is 10.1. The van der Waals surface area contributed by atoms with E-state index >= 15 is 0 Å². The van der Waals surface area contributed by atoms with Gasteiger partial charge in [-0.15, -0.1) is 0 Å². The fourth-order valence-corrected chi connectivity index (χ4v) is 5.71. The molecule has 0 unspecified atom stereocenters. The molecule has 2 aromatic carbocycles. The molecule has 5 rings (SSSR count). The molecule has 1 aliphatic rings. The molecule has 0 N–H and O–H groups in total. The lowest BCUT2D eigenvalue weighted by Crippen LogP contribution is -2.47. The highest BCUT2D eigenvalue weighted by Crippen LogP contribution is 2.32. The van der Waals surface area contributed by atoms with Gasteiger partial charge in [0.15, 0.2) is 9.84 Å². The molecule has 2 aromatic heterocycles. The summed E-state index contributed by atoms with van der Waals surface area (Å²) in [6.45, 7) is 7.95. The van der Waals surface area contributed by atoms with Crippen molar-refractivity contribution in [3.05, 3.63) is 66.4 Å². The first kappa shape index (κ1) is 25.4. The third-order valence-corrected chi connectivity index (χ3v) is 8.45. The van der Waals surface area contributed by atoms with Crippen molar-refractivity contribution < 1.29 is 13.2 Å². The molecular formula is C29H34N4O3S. The van der Waals surface area contributed by atoms with E-state index in [1.165, 1.54) is 11.9 Å². The zero-order valence-corrected chi connectivity index (χ0v) is 22.8. The van der Waals surface area contributed by atoms with E-state index in [0.29, 0.717) is 4.90 Å². The van der Waals surface area contributed by atoms with E-state index in [0.717, 1.165) is 78.4 Å². The van der Waals surface area contributed by atoms with Gasteiger partial charge in [0.05, 0.1) is 22.7 Å². The Morgan fingerprint density at radius 1 is 0.919 bits per heavy atom. The number of benzene rings is 2. The van der Waals surface area contributed by atoms with E-state index in [9.17, 15) is 8.42 Å². The van der Waals surface area contributed by atoms with E-state index in [-0.39, 0.29) is 0 Å². The van der Waals surface area contributed by atoms with Crippen LogP contribution in [0.15, 0.2) is 65.6 Å². The van der Waals surface area contributed by atoms with Crippen LogP contribution in [-0.4, -0.2) is 75.6 Å². The summed E-state index contributed by atoms with van der Waals surface area (Å²) in [4.78, 5) is 10.1. The van der Waals surface area contributed by atoms with Gasteiger partial charge >= 0.3 is 0 Å². The third kappa shape index (κ3) is 5.28. The number of hydrogen-bond acceptors (Lipinski definition) is 6. The van der Waals surface area contributed by atoms with Crippen LogP contribution < -0.4 is 4.90 Å². The average Bonchev–Trinajstić information content (AvgIpc) is 3.24. The Kier molecular flexibility index (Phi) is 7.07. The first-order chi connectivity index (χ1) is 17.7.